The number of carbonyl (C=O) groups is 2. The number of aryl methyl sites for hydroxylation is 1. The molecule has 0 amide bonds. The topological polar surface area (TPSA) is 183 Å². The Kier molecular flexibility index (Phi) is 8.88. The van der Waals surface area contributed by atoms with Crippen molar-refractivity contribution in [2.75, 3.05) is 6.61 Å². The van der Waals surface area contributed by atoms with Crippen LogP contribution in [-0.4, -0.2) is 79.7 Å². The molecular formula is C25H28O11. The van der Waals surface area contributed by atoms with E-state index in [4.69, 9.17) is 14.2 Å². The first kappa shape index (κ1) is 27.0. The molecule has 194 valence electrons. The largest absolute Gasteiger partial charge is 0.504 e. The van der Waals surface area contributed by atoms with E-state index in [0.29, 0.717) is 17.5 Å². The molecule has 1 aliphatic heterocycles. The Balaban J connectivity index is 1.63. The number of aromatic hydroxyl groups is 3. The number of benzene rings is 2. The second kappa shape index (κ2) is 11.9. The molecule has 0 bridgehead atoms. The van der Waals surface area contributed by atoms with Crippen molar-refractivity contribution >= 4 is 17.8 Å². The number of ether oxygens (including phenoxy) is 3. The molecule has 36 heavy (non-hydrogen) atoms. The standard InChI is InChI=1S/C25H28O11/c1-13(26)2-3-15-5-8-17(28)19(11-15)35-25-24(33)23(32)22(31)20(36-25)12-34-21(30)9-6-14-4-7-16(27)18(29)10-14/h4-11,20,22-25,27-29,31-33H,2-3,12H2,1H3/t20-,22-,23+,24-,25-/m1/s1. The van der Waals surface area contributed by atoms with Crippen LogP contribution in [0.3, 0.4) is 0 Å². The number of aliphatic hydroxyl groups is 3. The number of hydrogen-bond donors (Lipinski definition) is 6. The fourth-order valence-electron chi connectivity index (χ4n) is 3.43. The fourth-order valence-corrected chi connectivity index (χ4v) is 3.43. The van der Waals surface area contributed by atoms with Crippen LogP contribution in [0.1, 0.15) is 24.5 Å². The van der Waals surface area contributed by atoms with Gasteiger partial charge in [-0.3, -0.25) is 0 Å². The van der Waals surface area contributed by atoms with Crippen molar-refractivity contribution in [2.24, 2.45) is 0 Å². The van der Waals surface area contributed by atoms with Gasteiger partial charge in [-0.1, -0.05) is 12.1 Å². The first-order chi connectivity index (χ1) is 17.0. The summed E-state index contributed by atoms with van der Waals surface area (Å²) < 4.78 is 16.1. The van der Waals surface area contributed by atoms with Crippen molar-refractivity contribution in [3.63, 3.8) is 0 Å². The normalized spacial score (nSPS) is 23.9. The molecule has 0 unspecified atom stereocenters. The number of Topliss-reactive ketones (excluding diaryl/α,β-unsaturated/α-hetero) is 1. The van der Waals surface area contributed by atoms with Gasteiger partial charge in [0.05, 0.1) is 0 Å². The molecule has 2 aromatic carbocycles. The van der Waals surface area contributed by atoms with Crippen molar-refractivity contribution < 1.29 is 54.4 Å². The van der Waals surface area contributed by atoms with E-state index < -0.39 is 43.3 Å². The van der Waals surface area contributed by atoms with E-state index in [1.54, 1.807) is 6.07 Å². The van der Waals surface area contributed by atoms with E-state index >= 15 is 0 Å². The maximum absolute atomic E-state index is 12.1. The van der Waals surface area contributed by atoms with E-state index in [-0.39, 0.29) is 35.2 Å². The molecule has 0 saturated carbocycles. The summed E-state index contributed by atoms with van der Waals surface area (Å²) in [5.41, 5.74) is 1.09. The van der Waals surface area contributed by atoms with Crippen molar-refractivity contribution in [2.45, 2.75) is 50.5 Å². The lowest BCUT2D eigenvalue weighted by Crippen LogP contribution is -2.60. The molecule has 1 heterocycles. The van der Waals surface area contributed by atoms with Crippen molar-refractivity contribution in [3.8, 4) is 23.0 Å². The Morgan fingerprint density at radius 1 is 0.944 bits per heavy atom. The smallest absolute Gasteiger partial charge is 0.330 e. The van der Waals surface area contributed by atoms with Crippen LogP contribution >= 0.6 is 0 Å². The maximum atomic E-state index is 12.1. The van der Waals surface area contributed by atoms with Crippen molar-refractivity contribution in [1.82, 2.24) is 0 Å². The molecule has 11 heteroatoms. The Morgan fingerprint density at radius 2 is 1.67 bits per heavy atom. The zero-order valence-electron chi connectivity index (χ0n) is 19.4. The van der Waals surface area contributed by atoms with Gasteiger partial charge in [0, 0.05) is 12.5 Å². The molecule has 2 aromatic rings. The molecule has 1 saturated heterocycles. The highest BCUT2D eigenvalue weighted by molar-refractivity contribution is 5.87. The summed E-state index contributed by atoms with van der Waals surface area (Å²) in [5.74, 6) is -1.86. The Bertz CT molecular complexity index is 1110. The summed E-state index contributed by atoms with van der Waals surface area (Å²) in [5, 5.41) is 59.8. The molecule has 0 spiro atoms. The molecular weight excluding hydrogens is 476 g/mol. The highest BCUT2D eigenvalue weighted by Crippen LogP contribution is 2.32. The average molecular weight is 504 g/mol. The van der Waals surface area contributed by atoms with Gasteiger partial charge in [0.1, 0.15) is 36.8 Å². The van der Waals surface area contributed by atoms with Gasteiger partial charge in [-0.05, 0) is 54.8 Å². The summed E-state index contributed by atoms with van der Waals surface area (Å²) in [6.45, 7) is 0.956. The van der Waals surface area contributed by atoms with Gasteiger partial charge < -0.3 is 49.6 Å². The number of phenols is 3. The van der Waals surface area contributed by atoms with Gasteiger partial charge in [0.2, 0.25) is 6.29 Å². The monoisotopic (exact) mass is 504 g/mol. The van der Waals surface area contributed by atoms with Crippen LogP contribution in [0, 0.1) is 0 Å². The maximum Gasteiger partial charge on any atom is 0.330 e. The van der Waals surface area contributed by atoms with Gasteiger partial charge in [0.25, 0.3) is 0 Å². The highest BCUT2D eigenvalue weighted by atomic mass is 16.7. The summed E-state index contributed by atoms with van der Waals surface area (Å²) in [7, 11) is 0. The van der Waals surface area contributed by atoms with Crippen LogP contribution in [0.5, 0.6) is 23.0 Å². The van der Waals surface area contributed by atoms with Crippen LogP contribution in [0.25, 0.3) is 6.08 Å². The van der Waals surface area contributed by atoms with Crippen LogP contribution in [0.4, 0.5) is 0 Å². The molecule has 6 N–H and O–H groups in total. The third-order valence-electron chi connectivity index (χ3n) is 5.50. The quantitative estimate of drug-likeness (QED) is 0.161. The van der Waals surface area contributed by atoms with Crippen molar-refractivity contribution in [3.05, 3.63) is 53.6 Å². The van der Waals surface area contributed by atoms with Gasteiger partial charge in [0.15, 0.2) is 23.0 Å². The van der Waals surface area contributed by atoms with Gasteiger partial charge in [-0.15, -0.1) is 0 Å². The van der Waals surface area contributed by atoms with Crippen LogP contribution in [0.2, 0.25) is 0 Å². The molecule has 3 rings (SSSR count). The predicted molar refractivity (Wildman–Crippen MR) is 124 cm³/mol. The average Bonchev–Trinajstić information content (AvgIpc) is 2.84. The number of aliphatic hydroxyl groups excluding tert-OH is 3. The lowest BCUT2D eigenvalue weighted by atomic mass is 9.99. The van der Waals surface area contributed by atoms with Crippen molar-refractivity contribution in [1.29, 1.82) is 0 Å². The lowest BCUT2D eigenvalue weighted by Gasteiger charge is -2.39. The zero-order chi connectivity index (χ0) is 26.4. The third kappa shape index (κ3) is 6.95. The SMILES string of the molecule is CC(=O)CCc1ccc(O)c(O[C@@H]2O[C@H](COC(=O)C=Cc3ccc(O)c(O)c3)[C@@H](O)[C@H](O)[C@H]2O)c1. The van der Waals surface area contributed by atoms with E-state index in [9.17, 15) is 40.2 Å². The summed E-state index contributed by atoms with van der Waals surface area (Å²) >= 11 is 0. The molecule has 5 atom stereocenters. The molecule has 1 aliphatic rings. The van der Waals surface area contributed by atoms with E-state index in [0.717, 1.165) is 6.08 Å². The second-order valence-corrected chi connectivity index (χ2v) is 8.35. The van der Waals surface area contributed by atoms with Crippen LogP contribution < -0.4 is 4.74 Å². The molecule has 11 nitrogen and oxygen atoms in total. The van der Waals surface area contributed by atoms with E-state index in [2.05, 4.69) is 0 Å². The summed E-state index contributed by atoms with van der Waals surface area (Å²) in [4.78, 5) is 23.3. The molecule has 0 aliphatic carbocycles. The Hall–Kier alpha value is -3.64. The number of esters is 1. The van der Waals surface area contributed by atoms with Gasteiger partial charge in [-0.2, -0.15) is 0 Å². The fraction of sp³-hybridized carbons (Fsp3) is 0.360. The number of phenolic OH excluding ortho intramolecular Hbond substituents is 3. The second-order valence-electron chi connectivity index (χ2n) is 8.35. The first-order valence-electron chi connectivity index (χ1n) is 11.1. The number of carbonyl (C=O) groups excluding carboxylic acids is 2. The van der Waals surface area contributed by atoms with E-state index in [1.165, 1.54) is 43.3 Å². The lowest BCUT2D eigenvalue weighted by molar-refractivity contribution is -0.278. The molecule has 1 fully saturated rings. The summed E-state index contributed by atoms with van der Waals surface area (Å²) in [6, 6.07) is 8.36. The van der Waals surface area contributed by atoms with Gasteiger partial charge >= 0.3 is 5.97 Å². The highest BCUT2D eigenvalue weighted by Gasteiger charge is 2.45. The minimum absolute atomic E-state index is 0.0119. The van der Waals surface area contributed by atoms with Gasteiger partial charge in [-0.25, -0.2) is 4.79 Å². The van der Waals surface area contributed by atoms with Crippen LogP contribution in [-0.2, 0) is 25.5 Å². The minimum atomic E-state index is -1.70. The molecule has 0 aromatic heterocycles. The predicted octanol–water partition coefficient (Wildman–Crippen LogP) is 0.768. The Labute approximate surface area is 206 Å². The van der Waals surface area contributed by atoms with E-state index in [1.807, 2.05) is 0 Å². The summed E-state index contributed by atoms with van der Waals surface area (Å²) in [6.07, 6.45) is -4.73. The third-order valence-corrected chi connectivity index (χ3v) is 5.50. The molecule has 0 radical (unpaired) electrons. The first-order valence-corrected chi connectivity index (χ1v) is 11.1. The van der Waals surface area contributed by atoms with Crippen LogP contribution in [0.15, 0.2) is 42.5 Å². The Morgan fingerprint density at radius 3 is 2.36 bits per heavy atom. The number of ketones is 1. The minimum Gasteiger partial charge on any atom is -0.504 e. The number of hydrogen-bond acceptors (Lipinski definition) is 11. The zero-order valence-corrected chi connectivity index (χ0v) is 19.4. The number of rotatable bonds is 9.